The van der Waals surface area contributed by atoms with Crippen LogP contribution in [0, 0.1) is 6.92 Å². The Hall–Kier alpha value is -1.14. The van der Waals surface area contributed by atoms with E-state index in [-0.39, 0.29) is 11.7 Å². The second-order valence-electron chi connectivity index (χ2n) is 5.37. The van der Waals surface area contributed by atoms with Gasteiger partial charge in [-0.05, 0) is 32.6 Å². The molecule has 5 nitrogen and oxygen atoms in total. The van der Waals surface area contributed by atoms with Gasteiger partial charge < -0.3 is 9.84 Å². The molecule has 1 saturated heterocycles. The lowest BCUT2D eigenvalue weighted by Gasteiger charge is -2.12. The molecule has 1 aromatic heterocycles. The number of carboxylic acids is 1. The lowest BCUT2D eigenvalue weighted by Crippen LogP contribution is -2.12. The standard InChI is InChI=1S/C14H18N2O3S/c1-8-11(14(17)18)13(16-12(15-8)9-4-5-9)20-7-10-3-2-6-19-10/h9-10H,2-7H2,1H3,(H,17,18). The number of nitrogens with zero attached hydrogens (tertiary/aromatic N) is 2. The van der Waals surface area contributed by atoms with Crippen molar-refractivity contribution in [1.82, 2.24) is 9.97 Å². The Balaban J connectivity index is 1.82. The Labute approximate surface area is 122 Å². The van der Waals surface area contributed by atoms with Gasteiger partial charge in [0, 0.05) is 18.3 Å². The van der Waals surface area contributed by atoms with Crippen molar-refractivity contribution in [2.75, 3.05) is 12.4 Å². The average Bonchev–Trinajstić information content (AvgIpc) is 3.12. The molecule has 1 aliphatic carbocycles. The quantitative estimate of drug-likeness (QED) is 0.665. The van der Waals surface area contributed by atoms with Gasteiger partial charge in [-0.15, -0.1) is 11.8 Å². The van der Waals surface area contributed by atoms with Crippen LogP contribution in [-0.2, 0) is 4.74 Å². The Morgan fingerprint density at radius 2 is 2.20 bits per heavy atom. The molecule has 1 atom stereocenters. The van der Waals surface area contributed by atoms with E-state index < -0.39 is 5.97 Å². The molecule has 20 heavy (non-hydrogen) atoms. The SMILES string of the molecule is Cc1nc(C2CC2)nc(SCC2CCCO2)c1C(=O)O. The number of ether oxygens (including phenoxy) is 1. The molecule has 0 spiro atoms. The molecule has 2 fully saturated rings. The van der Waals surface area contributed by atoms with Gasteiger partial charge in [-0.3, -0.25) is 0 Å². The normalized spacial score (nSPS) is 22.1. The molecule has 1 saturated carbocycles. The molecule has 1 unspecified atom stereocenters. The van der Waals surface area contributed by atoms with Crippen LogP contribution in [0.5, 0.6) is 0 Å². The minimum absolute atomic E-state index is 0.223. The number of hydrogen-bond acceptors (Lipinski definition) is 5. The van der Waals surface area contributed by atoms with Crippen LogP contribution in [0.2, 0.25) is 0 Å². The van der Waals surface area contributed by atoms with E-state index >= 15 is 0 Å². The maximum absolute atomic E-state index is 11.4. The highest BCUT2D eigenvalue weighted by atomic mass is 32.2. The largest absolute Gasteiger partial charge is 0.478 e. The van der Waals surface area contributed by atoms with E-state index in [9.17, 15) is 9.90 Å². The molecule has 0 aromatic carbocycles. The summed E-state index contributed by atoms with van der Waals surface area (Å²) in [6, 6.07) is 0. The molecule has 2 aliphatic rings. The summed E-state index contributed by atoms with van der Waals surface area (Å²) in [5.74, 6) is 1.06. The highest BCUT2D eigenvalue weighted by molar-refractivity contribution is 7.99. The highest BCUT2D eigenvalue weighted by Crippen LogP contribution is 2.39. The monoisotopic (exact) mass is 294 g/mol. The topological polar surface area (TPSA) is 72.3 Å². The summed E-state index contributed by atoms with van der Waals surface area (Å²) in [4.78, 5) is 20.3. The van der Waals surface area contributed by atoms with Crippen LogP contribution in [0.3, 0.4) is 0 Å². The van der Waals surface area contributed by atoms with E-state index in [1.54, 1.807) is 6.92 Å². The Bertz CT molecular complexity index is 525. The van der Waals surface area contributed by atoms with E-state index in [0.717, 1.165) is 43.9 Å². The molecule has 0 bridgehead atoms. The van der Waals surface area contributed by atoms with Crippen LogP contribution in [0.4, 0.5) is 0 Å². The first-order valence-corrected chi connectivity index (χ1v) is 8.00. The van der Waals surface area contributed by atoms with Gasteiger partial charge in [0.1, 0.15) is 16.4 Å². The third kappa shape index (κ3) is 2.96. The van der Waals surface area contributed by atoms with Gasteiger partial charge in [0.2, 0.25) is 0 Å². The minimum Gasteiger partial charge on any atom is -0.478 e. The fraction of sp³-hybridized carbons (Fsp3) is 0.643. The number of aryl methyl sites for hydroxylation is 1. The first-order valence-electron chi connectivity index (χ1n) is 7.01. The lowest BCUT2D eigenvalue weighted by atomic mass is 10.2. The van der Waals surface area contributed by atoms with Crippen LogP contribution in [0.15, 0.2) is 5.03 Å². The summed E-state index contributed by atoms with van der Waals surface area (Å²) in [5.41, 5.74) is 0.821. The first-order chi connectivity index (χ1) is 9.65. The summed E-state index contributed by atoms with van der Waals surface area (Å²) in [7, 11) is 0. The van der Waals surface area contributed by atoms with Gasteiger partial charge in [0.15, 0.2) is 0 Å². The summed E-state index contributed by atoms with van der Waals surface area (Å²) < 4.78 is 5.58. The van der Waals surface area contributed by atoms with Crippen molar-refractivity contribution in [2.24, 2.45) is 0 Å². The molecular formula is C14H18N2O3S. The molecule has 108 valence electrons. The Morgan fingerprint density at radius 1 is 1.40 bits per heavy atom. The fourth-order valence-electron chi connectivity index (χ4n) is 2.39. The third-order valence-corrected chi connectivity index (χ3v) is 4.77. The third-order valence-electron chi connectivity index (χ3n) is 3.66. The van der Waals surface area contributed by atoms with Crippen molar-refractivity contribution < 1.29 is 14.6 Å². The van der Waals surface area contributed by atoms with Gasteiger partial charge in [-0.25, -0.2) is 14.8 Å². The van der Waals surface area contributed by atoms with E-state index in [0.29, 0.717) is 16.6 Å². The number of carboxylic acid groups (broad SMARTS) is 1. The van der Waals surface area contributed by atoms with Crippen LogP contribution in [-0.4, -0.2) is 39.5 Å². The minimum atomic E-state index is -0.945. The maximum Gasteiger partial charge on any atom is 0.340 e. The van der Waals surface area contributed by atoms with Crippen molar-refractivity contribution in [3.8, 4) is 0 Å². The zero-order valence-corrected chi connectivity index (χ0v) is 12.3. The van der Waals surface area contributed by atoms with E-state index in [2.05, 4.69) is 9.97 Å². The van der Waals surface area contributed by atoms with Crippen molar-refractivity contribution in [3.05, 3.63) is 17.1 Å². The second kappa shape index (κ2) is 5.69. The lowest BCUT2D eigenvalue weighted by molar-refractivity contribution is 0.0690. The number of carbonyl (C=O) groups is 1. The van der Waals surface area contributed by atoms with Crippen LogP contribution < -0.4 is 0 Å². The fourth-order valence-corrected chi connectivity index (χ4v) is 3.53. The van der Waals surface area contributed by atoms with Gasteiger partial charge in [0.25, 0.3) is 0 Å². The first kappa shape index (κ1) is 13.8. The van der Waals surface area contributed by atoms with Gasteiger partial charge >= 0.3 is 5.97 Å². The van der Waals surface area contributed by atoms with Gasteiger partial charge in [0.05, 0.1) is 11.8 Å². The number of aromatic nitrogens is 2. The molecule has 1 N–H and O–H groups in total. The van der Waals surface area contributed by atoms with Gasteiger partial charge in [-0.1, -0.05) is 0 Å². The zero-order valence-electron chi connectivity index (χ0n) is 11.5. The Morgan fingerprint density at radius 3 is 2.80 bits per heavy atom. The molecule has 2 heterocycles. The summed E-state index contributed by atoms with van der Waals surface area (Å²) in [6.07, 6.45) is 4.59. The molecular weight excluding hydrogens is 276 g/mol. The van der Waals surface area contributed by atoms with E-state index in [4.69, 9.17) is 4.74 Å². The molecule has 0 radical (unpaired) electrons. The predicted octanol–water partition coefficient (Wildman–Crippen LogP) is 2.63. The number of rotatable bonds is 5. The van der Waals surface area contributed by atoms with Crippen molar-refractivity contribution >= 4 is 17.7 Å². The Kier molecular flexibility index (Phi) is 3.94. The van der Waals surface area contributed by atoms with Crippen molar-refractivity contribution in [2.45, 2.75) is 49.7 Å². The molecule has 0 amide bonds. The van der Waals surface area contributed by atoms with Crippen molar-refractivity contribution in [1.29, 1.82) is 0 Å². The van der Waals surface area contributed by atoms with Crippen LogP contribution in [0.1, 0.15) is 53.5 Å². The molecule has 1 aromatic rings. The van der Waals surface area contributed by atoms with E-state index in [1.807, 2.05) is 0 Å². The number of thioether (sulfide) groups is 1. The van der Waals surface area contributed by atoms with Gasteiger partial charge in [-0.2, -0.15) is 0 Å². The van der Waals surface area contributed by atoms with Crippen LogP contribution >= 0.6 is 11.8 Å². The smallest absolute Gasteiger partial charge is 0.340 e. The second-order valence-corrected chi connectivity index (χ2v) is 6.38. The van der Waals surface area contributed by atoms with Crippen LogP contribution in [0.25, 0.3) is 0 Å². The average molecular weight is 294 g/mol. The number of aromatic carboxylic acids is 1. The predicted molar refractivity (Wildman–Crippen MR) is 75.4 cm³/mol. The molecule has 1 aliphatic heterocycles. The maximum atomic E-state index is 11.4. The number of hydrogen-bond donors (Lipinski definition) is 1. The van der Waals surface area contributed by atoms with Crippen molar-refractivity contribution in [3.63, 3.8) is 0 Å². The highest BCUT2D eigenvalue weighted by Gasteiger charge is 2.29. The summed E-state index contributed by atoms with van der Waals surface area (Å²) in [5, 5.41) is 9.96. The molecule has 6 heteroatoms. The summed E-state index contributed by atoms with van der Waals surface area (Å²) >= 11 is 1.49. The summed E-state index contributed by atoms with van der Waals surface area (Å²) in [6.45, 7) is 2.57. The molecule has 3 rings (SSSR count). The zero-order chi connectivity index (χ0) is 14.1. The van der Waals surface area contributed by atoms with E-state index in [1.165, 1.54) is 11.8 Å².